The minimum Gasteiger partial charge on any atom is -0.372 e. The zero-order chi connectivity index (χ0) is 14.9. The fourth-order valence-corrected chi connectivity index (χ4v) is 3.01. The number of hydrogen-bond donors (Lipinski definition) is 1. The van der Waals surface area contributed by atoms with Crippen LogP contribution in [0.4, 0.5) is 5.82 Å². The Morgan fingerprint density at radius 2 is 1.85 bits per heavy atom. The molecule has 0 fully saturated rings. The van der Waals surface area contributed by atoms with E-state index in [9.17, 15) is 0 Å². The van der Waals surface area contributed by atoms with E-state index in [1.807, 2.05) is 19.2 Å². The van der Waals surface area contributed by atoms with Crippen LogP contribution in [-0.4, -0.2) is 17.0 Å². The van der Waals surface area contributed by atoms with Crippen LogP contribution in [0, 0.1) is 6.92 Å². The van der Waals surface area contributed by atoms with Crippen LogP contribution >= 0.6 is 31.9 Å². The van der Waals surface area contributed by atoms with E-state index in [1.54, 1.807) is 0 Å². The smallest absolute Gasteiger partial charge is 0.161 e. The lowest BCUT2D eigenvalue weighted by Gasteiger charge is -2.14. The summed E-state index contributed by atoms with van der Waals surface area (Å²) in [5, 5.41) is 3.12. The Kier molecular flexibility index (Phi) is 4.81. The van der Waals surface area contributed by atoms with Gasteiger partial charge in [0, 0.05) is 17.1 Å². The summed E-state index contributed by atoms with van der Waals surface area (Å²) in [6, 6.07) is 6.16. The SMILES string of the molecule is CNc1nc(-c2ccc(Br)c(C)c2)nc(C(C)C)c1Br. The zero-order valence-corrected chi connectivity index (χ0v) is 15.1. The molecule has 0 unspecified atom stereocenters. The predicted molar refractivity (Wildman–Crippen MR) is 91.2 cm³/mol. The molecule has 0 radical (unpaired) electrons. The number of hydrogen-bond acceptors (Lipinski definition) is 3. The average Bonchev–Trinajstić information content (AvgIpc) is 2.42. The van der Waals surface area contributed by atoms with Crippen molar-refractivity contribution < 1.29 is 0 Å². The largest absolute Gasteiger partial charge is 0.372 e. The van der Waals surface area contributed by atoms with Gasteiger partial charge in [0.2, 0.25) is 0 Å². The molecule has 0 atom stereocenters. The van der Waals surface area contributed by atoms with Crippen LogP contribution in [0.25, 0.3) is 11.4 Å². The molecule has 0 amide bonds. The predicted octanol–water partition coefficient (Wildman–Crippen LogP) is 5.14. The van der Waals surface area contributed by atoms with Gasteiger partial charge in [0.1, 0.15) is 5.82 Å². The van der Waals surface area contributed by atoms with Crippen molar-refractivity contribution in [2.45, 2.75) is 26.7 Å². The highest BCUT2D eigenvalue weighted by Crippen LogP contribution is 2.32. The molecule has 1 heterocycles. The van der Waals surface area contributed by atoms with Crippen LogP contribution in [0.15, 0.2) is 27.1 Å². The van der Waals surface area contributed by atoms with Crippen molar-refractivity contribution in [2.75, 3.05) is 12.4 Å². The molecule has 1 N–H and O–H groups in total. The highest BCUT2D eigenvalue weighted by molar-refractivity contribution is 9.11. The fraction of sp³-hybridized carbons (Fsp3) is 0.333. The maximum atomic E-state index is 4.71. The number of anilines is 1. The maximum Gasteiger partial charge on any atom is 0.161 e. The van der Waals surface area contributed by atoms with E-state index in [4.69, 9.17) is 4.98 Å². The monoisotopic (exact) mass is 397 g/mol. The standard InChI is InChI=1S/C15H17Br2N3/c1-8(2)13-12(17)15(18-4)20-14(19-13)10-5-6-11(16)9(3)7-10/h5-8H,1-4H3,(H,18,19,20). The number of nitrogens with zero attached hydrogens (tertiary/aromatic N) is 2. The number of aromatic nitrogens is 2. The Bertz CT molecular complexity index is 639. The molecule has 106 valence electrons. The summed E-state index contributed by atoms with van der Waals surface area (Å²) in [6.07, 6.45) is 0. The van der Waals surface area contributed by atoms with Crippen molar-refractivity contribution in [2.24, 2.45) is 0 Å². The molecule has 1 aromatic heterocycles. The van der Waals surface area contributed by atoms with E-state index in [2.05, 4.69) is 69.0 Å². The van der Waals surface area contributed by atoms with Gasteiger partial charge in [-0.1, -0.05) is 35.8 Å². The quantitative estimate of drug-likeness (QED) is 0.777. The van der Waals surface area contributed by atoms with Gasteiger partial charge in [0.15, 0.2) is 5.82 Å². The summed E-state index contributed by atoms with van der Waals surface area (Å²) < 4.78 is 2.03. The molecular weight excluding hydrogens is 382 g/mol. The molecule has 0 saturated heterocycles. The van der Waals surface area contributed by atoms with Gasteiger partial charge in [-0.2, -0.15) is 0 Å². The van der Waals surface area contributed by atoms with Crippen LogP contribution in [0.1, 0.15) is 31.0 Å². The molecule has 0 saturated carbocycles. The molecule has 0 spiro atoms. The Labute approximate surface area is 136 Å². The Hall–Kier alpha value is -0.940. The van der Waals surface area contributed by atoms with Crippen molar-refractivity contribution >= 4 is 37.7 Å². The van der Waals surface area contributed by atoms with Crippen molar-refractivity contribution in [3.05, 3.63) is 38.4 Å². The van der Waals surface area contributed by atoms with Gasteiger partial charge in [0.05, 0.1) is 10.2 Å². The first-order valence-corrected chi connectivity index (χ1v) is 8.04. The summed E-state index contributed by atoms with van der Waals surface area (Å²) in [4.78, 5) is 9.30. The number of aryl methyl sites for hydroxylation is 1. The highest BCUT2D eigenvalue weighted by Gasteiger charge is 2.15. The maximum absolute atomic E-state index is 4.71. The van der Waals surface area contributed by atoms with E-state index in [-0.39, 0.29) is 0 Å². The second kappa shape index (κ2) is 6.22. The minimum atomic E-state index is 0.328. The second-order valence-corrected chi connectivity index (χ2v) is 6.61. The molecule has 0 aliphatic rings. The third-order valence-corrected chi connectivity index (χ3v) is 4.75. The first-order valence-electron chi connectivity index (χ1n) is 6.45. The van der Waals surface area contributed by atoms with Gasteiger partial charge in [-0.3, -0.25) is 0 Å². The van der Waals surface area contributed by atoms with E-state index in [1.165, 1.54) is 5.56 Å². The summed E-state index contributed by atoms with van der Waals surface area (Å²) >= 11 is 7.10. The van der Waals surface area contributed by atoms with Crippen LogP contribution in [0.5, 0.6) is 0 Å². The lowest BCUT2D eigenvalue weighted by molar-refractivity contribution is 0.810. The first kappa shape index (κ1) is 15.4. The minimum absolute atomic E-state index is 0.328. The van der Waals surface area contributed by atoms with Gasteiger partial charge in [-0.05, 0) is 46.5 Å². The van der Waals surface area contributed by atoms with Crippen molar-refractivity contribution in [1.29, 1.82) is 0 Å². The molecule has 0 bridgehead atoms. The van der Waals surface area contributed by atoms with Gasteiger partial charge < -0.3 is 5.32 Å². The van der Waals surface area contributed by atoms with Crippen molar-refractivity contribution in [1.82, 2.24) is 9.97 Å². The number of benzene rings is 1. The summed E-state index contributed by atoms with van der Waals surface area (Å²) in [6.45, 7) is 6.32. The number of nitrogens with one attached hydrogen (secondary N) is 1. The summed E-state index contributed by atoms with van der Waals surface area (Å²) in [5.74, 6) is 1.89. The normalized spacial score (nSPS) is 10.9. The second-order valence-electron chi connectivity index (χ2n) is 4.96. The van der Waals surface area contributed by atoms with Gasteiger partial charge in [-0.25, -0.2) is 9.97 Å². The topological polar surface area (TPSA) is 37.8 Å². The number of rotatable bonds is 3. The average molecular weight is 399 g/mol. The van der Waals surface area contributed by atoms with E-state index < -0.39 is 0 Å². The molecular formula is C15H17Br2N3. The van der Waals surface area contributed by atoms with Gasteiger partial charge in [0.25, 0.3) is 0 Å². The molecule has 1 aromatic carbocycles. The van der Waals surface area contributed by atoms with Gasteiger partial charge in [-0.15, -0.1) is 0 Å². The Morgan fingerprint density at radius 3 is 2.40 bits per heavy atom. The Morgan fingerprint density at radius 1 is 1.15 bits per heavy atom. The molecule has 2 rings (SSSR count). The van der Waals surface area contributed by atoms with Crippen molar-refractivity contribution in [3.8, 4) is 11.4 Å². The van der Waals surface area contributed by atoms with Crippen molar-refractivity contribution in [3.63, 3.8) is 0 Å². The van der Waals surface area contributed by atoms with Crippen LogP contribution in [0.2, 0.25) is 0 Å². The fourth-order valence-electron chi connectivity index (χ4n) is 1.93. The molecule has 0 aliphatic heterocycles. The van der Waals surface area contributed by atoms with Crippen LogP contribution in [-0.2, 0) is 0 Å². The molecule has 5 heteroatoms. The number of halogens is 2. The molecule has 20 heavy (non-hydrogen) atoms. The Balaban J connectivity index is 2.61. The van der Waals surface area contributed by atoms with E-state index in [0.717, 1.165) is 31.8 Å². The first-order chi connectivity index (χ1) is 9.43. The van der Waals surface area contributed by atoms with E-state index >= 15 is 0 Å². The highest BCUT2D eigenvalue weighted by atomic mass is 79.9. The van der Waals surface area contributed by atoms with Crippen LogP contribution < -0.4 is 5.32 Å². The third-order valence-electron chi connectivity index (χ3n) is 3.08. The van der Waals surface area contributed by atoms with Crippen LogP contribution in [0.3, 0.4) is 0 Å². The summed E-state index contributed by atoms with van der Waals surface area (Å²) in [7, 11) is 1.87. The lowest BCUT2D eigenvalue weighted by atomic mass is 10.1. The molecule has 2 aromatic rings. The van der Waals surface area contributed by atoms with E-state index in [0.29, 0.717) is 5.92 Å². The zero-order valence-electron chi connectivity index (χ0n) is 12.0. The third kappa shape index (κ3) is 3.04. The summed E-state index contributed by atoms with van der Waals surface area (Å²) in [5.41, 5.74) is 3.21. The van der Waals surface area contributed by atoms with Gasteiger partial charge >= 0.3 is 0 Å². The lowest BCUT2D eigenvalue weighted by Crippen LogP contribution is -2.04. The molecule has 3 nitrogen and oxygen atoms in total. The molecule has 0 aliphatic carbocycles.